The van der Waals surface area contributed by atoms with Gasteiger partial charge in [0.1, 0.15) is 0 Å². The van der Waals surface area contributed by atoms with Gasteiger partial charge < -0.3 is 9.57 Å². The molecule has 0 aliphatic heterocycles. The molecule has 0 bridgehead atoms. The Labute approximate surface area is 107 Å². The Balaban J connectivity index is 2.38. The number of fused-ring (bicyclic) bond motifs is 1. The largest absolute Gasteiger partial charge is 0.379 e. The van der Waals surface area contributed by atoms with E-state index < -0.39 is 11.2 Å². The third-order valence-electron chi connectivity index (χ3n) is 2.95. The minimum atomic E-state index is -0.757. The van der Waals surface area contributed by atoms with Crippen LogP contribution in [-0.4, -0.2) is 18.3 Å². The summed E-state index contributed by atoms with van der Waals surface area (Å²) < 4.78 is 6.14. The van der Waals surface area contributed by atoms with Crippen molar-refractivity contribution < 1.29 is 14.7 Å². The fourth-order valence-electron chi connectivity index (χ4n) is 2.17. The Kier molecular flexibility index (Phi) is 3.63. The Morgan fingerprint density at radius 1 is 1.53 bits per heavy atom. The van der Waals surface area contributed by atoms with E-state index in [0.717, 1.165) is 28.4 Å². The maximum absolute atomic E-state index is 10.5. The maximum Gasteiger partial charge on any atom is 0.295 e. The van der Waals surface area contributed by atoms with E-state index in [2.05, 4.69) is 15.9 Å². The highest BCUT2D eigenvalue weighted by atomic mass is 79.9. The monoisotopic (exact) mass is 301 g/mol. The summed E-state index contributed by atoms with van der Waals surface area (Å²) in [5.41, 5.74) is 1.91. The van der Waals surface area contributed by atoms with E-state index in [4.69, 9.17) is 9.57 Å². The van der Waals surface area contributed by atoms with Crippen molar-refractivity contribution >= 4 is 15.9 Å². The van der Waals surface area contributed by atoms with Crippen LogP contribution in [0.3, 0.4) is 0 Å². The van der Waals surface area contributed by atoms with Crippen molar-refractivity contribution in [2.24, 2.45) is 0 Å². The summed E-state index contributed by atoms with van der Waals surface area (Å²) in [6.45, 7) is 0. The molecular formula is C11H12BrNO4. The van der Waals surface area contributed by atoms with E-state index in [9.17, 15) is 10.1 Å². The van der Waals surface area contributed by atoms with E-state index in [-0.39, 0.29) is 6.10 Å². The van der Waals surface area contributed by atoms with Gasteiger partial charge in [-0.15, -0.1) is 10.1 Å². The van der Waals surface area contributed by atoms with Crippen LogP contribution in [-0.2, 0) is 16.0 Å². The van der Waals surface area contributed by atoms with Gasteiger partial charge in [0.25, 0.3) is 5.09 Å². The molecule has 1 aromatic carbocycles. The van der Waals surface area contributed by atoms with Crippen LogP contribution in [0, 0.1) is 10.1 Å². The Morgan fingerprint density at radius 3 is 2.94 bits per heavy atom. The first kappa shape index (κ1) is 12.3. The molecule has 6 heteroatoms. The summed E-state index contributed by atoms with van der Waals surface area (Å²) in [7, 11) is 1.55. The number of hydrogen-bond acceptors (Lipinski definition) is 4. The number of rotatable bonds is 3. The van der Waals surface area contributed by atoms with Crippen LogP contribution in [0.25, 0.3) is 0 Å². The van der Waals surface area contributed by atoms with Crippen molar-refractivity contribution in [3.63, 3.8) is 0 Å². The SMILES string of the molecule is CO[C@@H]1CCc2ccc(Br)cc2[C@H]1O[N+](=O)[O-]. The number of halogens is 1. The van der Waals surface area contributed by atoms with Gasteiger partial charge >= 0.3 is 0 Å². The van der Waals surface area contributed by atoms with Gasteiger partial charge in [-0.05, 0) is 36.1 Å². The number of aryl methyl sites for hydroxylation is 1. The molecular weight excluding hydrogens is 290 g/mol. The Bertz CT molecular complexity index is 437. The highest BCUT2D eigenvalue weighted by Gasteiger charge is 2.32. The summed E-state index contributed by atoms with van der Waals surface area (Å²) in [6, 6.07) is 5.74. The molecule has 92 valence electrons. The zero-order chi connectivity index (χ0) is 12.4. The van der Waals surface area contributed by atoms with Gasteiger partial charge in [0.05, 0.1) is 6.10 Å². The summed E-state index contributed by atoms with van der Waals surface area (Å²) in [4.78, 5) is 15.3. The molecule has 5 nitrogen and oxygen atoms in total. The third-order valence-corrected chi connectivity index (χ3v) is 3.45. The van der Waals surface area contributed by atoms with Crippen molar-refractivity contribution in [3.8, 4) is 0 Å². The minimum absolute atomic E-state index is 0.276. The number of hydrogen-bond donors (Lipinski definition) is 0. The zero-order valence-electron chi connectivity index (χ0n) is 9.26. The smallest absolute Gasteiger partial charge is 0.295 e. The summed E-state index contributed by atoms with van der Waals surface area (Å²) >= 11 is 3.36. The second kappa shape index (κ2) is 5.01. The van der Waals surface area contributed by atoms with Gasteiger partial charge in [-0.1, -0.05) is 22.0 Å². The molecule has 0 aromatic heterocycles. The lowest BCUT2D eigenvalue weighted by Crippen LogP contribution is -2.30. The molecule has 0 N–H and O–H groups in total. The lowest BCUT2D eigenvalue weighted by molar-refractivity contribution is -0.773. The quantitative estimate of drug-likeness (QED) is 0.636. The van der Waals surface area contributed by atoms with E-state index in [1.54, 1.807) is 7.11 Å². The molecule has 1 aromatic rings. The van der Waals surface area contributed by atoms with E-state index >= 15 is 0 Å². The van der Waals surface area contributed by atoms with E-state index in [1.165, 1.54) is 0 Å². The molecule has 0 heterocycles. The predicted octanol–water partition coefficient (Wildman–Crippen LogP) is 2.66. The normalized spacial score (nSPS) is 22.9. The molecule has 1 aliphatic carbocycles. The second-order valence-electron chi connectivity index (χ2n) is 3.91. The number of nitrogens with zero attached hydrogens (tertiary/aromatic N) is 1. The van der Waals surface area contributed by atoms with Gasteiger partial charge in [0.2, 0.25) is 0 Å². The fourth-order valence-corrected chi connectivity index (χ4v) is 2.55. The van der Waals surface area contributed by atoms with E-state index in [1.807, 2.05) is 18.2 Å². The van der Waals surface area contributed by atoms with Crippen LogP contribution in [0.1, 0.15) is 23.7 Å². The molecule has 0 radical (unpaired) electrons. The number of benzene rings is 1. The minimum Gasteiger partial charge on any atom is -0.379 e. The van der Waals surface area contributed by atoms with Crippen LogP contribution in [0.2, 0.25) is 0 Å². The lowest BCUT2D eigenvalue weighted by atomic mass is 9.87. The van der Waals surface area contributed by atoms with Crippen LogP contribution in [0.15, 0.2) is 22.7 Å². The molecule has 0 amide bonds. The molecule has 0 spiro atoms. The zero-order valence-corrected chi connectivity index (χ0v) is 10.8. The third kappa shape index (κ3) is 2.58. The average molecular weight is 302 g/mol. The molecule has 0 unspecified atom stereocenters. The predicted molar refractivity (Wildman–Crippen MR) is 64.1 cm³/mol. The first-order valence-corrected chi connectivity index (χ1v) is 6.03. The summed E-state index contributed by atoms with van der Waals surface area (Å²) in [5, 5.41) is 9.78. The fraction of sp³-hybridized carbons (Fsp3) is 0.455. The van der Waals surface area contributed by atoms with Crippen LogP contribution < -0.4 is 0 Å². The van der Waals surface area contributed by atoms with Crippen molar-refractivity contribution in [2.45, 2.75) is 25.0 Å². The summed E-state index contributed by atoms with van der Waals surface area (Å²) in [5.74, 6) is 0. The van der Waals surface area contributed by atoms with Crippen molar-refractivity contribution in [1.82, 2.24) is 0 Å². The van der Waals surface area contributed by atoms with E-state index in [0.29, 0.717) is 0 Å². The number of ether oxygens (including phenoxy) is 1. The maximum atomic E-state index is 10.5. The molecule has 0 fully saturated rings. The first-order valence-electron chi connectivity index (χ1n) is 5.24. The topological polar surface area (TPSA) is 61.6 Å². The van der Waals surface area contributed by atoms with Crippen molar-refractivity contribution in [3.05, 3.63) is 43.9 Å². The van der Waals surface area contributed by atoms with Gasteiger partial charge in [0, 0.05) is 11.6 Å². The second-order valence-corrected chi connectivity index (χ2v) is 4.82. The number of methoxy groups -OCH3 is 1. The van der Waals surface area contributed by atoms with Gasteiger partial charge in [-0.2, -0.15) is 0 Å². The lowest BCUT2D eigenvalue weighted by Gasteiger charge is -2.30. The van der Waals surface area contributed by atoms with Crippen molar-refractivity contribution in [1.29, 1.82) is 0 Å². The molecule has 0 saturated heterocycles. The first-order chi connectivity index (χ1) is 8.11. The van der Waals surface area contributed by atoms with Crippen LogP contribution in [0.4, 0.5) is 0 Å². The Morgan fingerprint density at radius 2 is 2.29 bits per heavy atom. The molecule has 1 aliphatic rings. The van der Waals surface area contributed by atoms with Crippen LogP contribution >= 0.6 is 15.9 Å². The molecule has 2 rings (SSSR count). The standard InChI is InChI=1S/C11H12BrNO4/c1-16-10-5-3-7-2-4-8(12)6-9(7)11(10)17-13(14)15/h2,4,6,10-11H,3,5H2,1H3/t10-,11-/m1/s1. The van der Waals surface area contributed by atoms with Crippen LogP contribution in [0.5, 0.6) is 0 Å². The summed E-state index contributed by atoms with van der Waals surface area (Å²) in [6.07, 6.45) is 0.654. The van der Waals surface area contributed by atoms with Gasteiger partial charge in [0.15, 0.2) is 6.10 Å². The van der Waals surface area contributed by atoms with Crippen molar-refractivity contribution in [2.75, 3.05) is 7.11 Å². The van der Waals surface area contributed by atoms with Gasteiger partial charge in [-0.3, -0.25) is 0 Å². The highest BCUT2D eigenvalue weighted by Crippen LogP contribution is 2.35. The molecule has 2 atom stereocenters. The average Bonchev–Trinajstić information content (AvgIpc) is 2.29. The van der Waals surface area contributed by atoms with Gasteiger partial charge in [-0.25, -0.2) is 0 Å². The Hall–Kier alpha value is -1.14. The molecule has 0 saturated carbocycles. The highest BCUT2D eigenvalue weighted by molar-refractivity contribution is 9.10. The molecule has 17 heavy (non-hydrogen) atoms.